The number of carbonyl (C=O) groups is 2. The maximum atomic E-state index is 13.2. The Kier molecular flexibility index (Phi) is 6.86. The highest BCUT2D eigenvalue weighted by atomic mass is 19.1. The summed E-state index contributed by atoms with van der Waals surface area (Å²) in [7, 11) is 2.02. The fourth-order valence-electron chi connectivity index (χ4n) is 4.03. The molecule has 3 rings (SSSR count). The number of benzene rings is 2. The molecule has 1 saturated heterocycles. The summed E-state index contributed by atoms with van der Waals surface area (Å²) in [5, 5.41) is 9.29. The van der Waals surface area contributed by atoms with Crippen molar-refractivity contribution in [3.8, 4) is 0 Å². The molecule has 0 saturated carbocycles. The third-order valence-electron chi connectivity index (χ3n) is 5.74. The molecule has 1 N–H and O–H groups in total. The van der Waals surface area contributed by atoms with Crippen molar-refractivity contribution >= 4 is 17.6 Å². The molecule has 0 aliphatic carbocycles. The zero-order valence-corrected chi connectivity index (χ0v) is 16.6. The lowest BCUT2D eigenvalue weighted by atomic mass is 9.81. The fourth-order valence-corrected chi connectivity index (χ4v) is 4.03. The summed E-state index contributed by atoms with van der Waals surface area (Å²) in [6, 6.07) is 15.6. The maximum Gasteiger partial charge on any atom is 0.303 e. The Bertz CT molecular complexity index is 826. The van der Waals surface area contributed by atoms with Gasteiger partial charge in [-0.05, 0) is 61.1 Å². The first kappa shape index (κ1) is 20.8. The summed E-state index contributed by atoms with van der Waals surface area (Å²) < 4.78 is 13.2. The van der Waals surface area contributed by atoms with Crippen LogP contribution < -0.4 is 4.90 Å². The molecule has 1 amide bonds. The molecule has 0 spiro atoms. The van der Waals surface area contributed by atoms with Crippen LogP contribution in [0.25, 0.3) is 0 Å². The lowest BCUT2D eigenvalue weighted by Gasteiger charge is -2.39. The third-order valence-corrected chi connectivity index (χ3v) is 5.74. The van der Waals surface area contributed by atoms with Crippen LogP contribution >= 0.6 is 0 Å². The number of carboxylic acids is 1. The van der Waals surface area contributed by atoms with Gasteiger partial charge in [0.15, 0.2) is 0 Å². The van der Waals surface area contributed by atoms with Gasteiger partial charge in [-0.15, -0.1) is 0 Å². The fraction of sp³-hybridized carbons (Fsp3) is 0.391. The van der Waals surface area contributed by atoms with Crippen molar-refractivity contribution in [3.05, 3.63) is 66.0 Å². The first-order valence-electron chi connectivity index (χ1n) is 9.97. The first-order chi connectivity index (χ1) is 13.9. The number of carbonyl (C=O) groups excluding carboxylic acids is 1. The predicted molar refractivity (Wildman–Crippen MR) is 110 cm³/mol. The van der Waals surface area contributed by atoms with E-state index in [0.29, 0.717) is 25.1 Å². The maximum absolute atomic E-state index is 13.2. The van der Waals surface area contributed by atoms with Crippen LogP contribution in [0.4, 0.5) is 10.1 Å². The van der Waals surface area contributed by atoms with Crippen LogP contribution in [0.15, 0.2) is 54.6 Å². The van der Waals surface area contributed by atoms with Crippen LogP contribution in [0, 0.1) is 17.7 Å². The van der Waals surface area contributed by atoms with Crippen LogP contribution in [0.3, 0.4) is 0 Å². The van der Waals surface area contributed by atoms with E-state index in [2.05, 4.69) is 4.90 Å². The van der Waals surface area contributed by atoms with Gasteiger partial charge in [0.2, 0.25) is 0 Å². The van der Waals surface area contributed by atoms with Gasteiger partial charge >= 0.3 is 5.97 Å². The van der Waals surface area contributed by atoms with Gasteiger partial charge in [0.1, 0.15) is 5.82 Å². The number of aliphatic carboxylic acids is 1. The van der Waals surface area contributed by atoms with Crippen molar-refractivity contribution in [2.24, 2.45) is 11.8 Å². The van der Waals surface area contributed by atoms with Gasteiger partial charge < -0.3 is 14.9 Å². The van der Waals surface area contributed by atoms with E-state index >= 15 is 0 Å². The van der Waals surface area contributed by atoms with Gasteiger partial charge in [0.05, 0.1) is 0 Å². The highest BCUT2D eigenvalue weighted by Gasteiger charge is 2.33. The van der Waals surface area contributed by atoms with Crippen molar-refractivity contribution in [2.75, 3.05) is 31.6 Å². The van der Waals surface area contributed by atoms with E-state index in [4.69, 9.17) is 0 Å². The Morgan fingerprint density at radius 1 is 1.10 bits per heavy atom. The smallest absolute Gasteiger partial charge is 0.303 e. The number of piperidine rings is 1. The molecule has 154 valence electrons. The Morgan fingerprint density at radius 3 is 2.45 bits per heavy atom. The van der Waals surface area contributed by atoms with E-state index in [9.17, 15) is 19.1 Å². The van der Waals surface area contributed by atoms with Gasteiger partial charge in [-0.25, -0.2) is 4.39 Å². The van der Waals surface area contributed by atoms with Crippen molar-refractivity contribution in [1.29, 1.82) is 0 Å². The van der Waals surface area contributed by atoms with Crippen LogP contribution in [0.5, 0.6) is 0 Å². The second-order valence-corrected chi connectivity index (χ2v) is 7.71. The van der Waals surface area contributed by atoms with Gasteiger partial charge in [-0.2, -0.15) is 0 Å². The second kappa shape index (κ2) is 9.54. The minimum Gasteiger partial charge on any atom is -0.481 e. The molecule has 2 atom stereocenters. The Labute approximate surface area is 170 Å². The quantitative estimate of drug-likeness (QED) is 0.768. The van der Waals surface area contributed by atoms with Crippen LogP contribution in [-0.4, -0.2) is 48.6 Å². The Hall–Kier alpha value is -2.89. The highest BCUT2D eigenvalue weighted by molar-refractivity contribution is 5.94. The molecule has 0 radical (unpaired) electrons. The summed E-state index contributed by atoms with van der Waals surface area (Å²) >= 11 is 0. The standard InChI is InChI=1S/C23H27FN2O3/c1-25(21-5-3-2-4-6-21)13-11-19-16-26(14-12-18(19)15-22(27)28)23(29)17-7-9-20(24)10-8-17/h2-10,18-19H,11-16H2,1H3,(H,27,28)/t18-,19+/m0/s1. The number of carboxylic acid groups (broad SMARTS) is 1. The minimum atomic E-state index is -0.797. The van der Waals surface area contributed by atoms with E-state index in [1.807, 2.05) is 37.4 Å². The molecule has 2 aromatic rings. The Morgan fingerprint density at radius 2 is 1.79 bits per heavy atom. The first-order valence-corrected chi connectivity index (χ1v) is 9.97. The van der Waals surface area contributed by atoms with Crippen LogP contribution in [-0.2, 0) is 4.79 Å². The number of amides is 1. The molecule has 1 heterocycles. The molecule has 5 nitrogen and oxygen atoms in total. The normalized spacial score (nSPS) is 19.0. The molecule has 2 aromatic carbocycles. The average Bonchev–Trinajstić information content (AvgIpc) is 2.73. The molecule has 1 aliphatic rings. The van der Waals surface area contributed by atoms with Gasteiger partial charge in [-0.1, -0.05) is 18.2 Å². The predicted octanol–water partition coefficient (Wildman–Crippen LogP) is 3.91. The number of halogens is 1. The number of rotatable bonds is 7. The summed E-state index contributed by atoms with van der Waals surface area (Å²) in [4.78, 5) is 28.1. The number of likely N-dealkylation sites (tertiary alicyclic amines) is 1. The molecular formula is C23H27FN2O3. The molecule has 6 heteroatoms. The summed E-state index contributed by atoms with van der Waals surface area (Å²) in [6.07, 6.45) is 1.59. The highest BCUT2D eigenvalue weighted by Crippen LogP contribution is 2.30. The minimum absolute atomic E-state index is 0.0499. The number of hydrogen-bond donors (Lipinski definition) is 1. The van der Waals surface area contributed by atoms with Crippen molar-refractivity contribution < 1.29 is 19.1 Å². The van der Waals surface area contributed by atoms with Gasteiger partial charge in [0.25, 0.3) is 5.91 Å². The van der Waals surface area contributed by atoms with Gasteiger partial charge in [0, 0.05) is 44.4 Å². The monoisotopic (exact) mass is 398 g/mol. The van der Waals surface area contributed by atoms with Crippen molar-refractivity contribution in [2.45, 2.75) is 19.3 Å². The molecule has 0 bridgehead atoms. The summed E-state index contributed by atoms with van der Waals surface area (Å²) in [5.41, 5.74) is 1.57. The van der Waals surface area contributed by atoms with E-state index in [1.54, 1.807) is 4.90 Å². The molecule has 1 fully saturated rings. The van der Waals surface area contributed by atoms with Crippen LogP contribution in [0.2, 0.25) is 0 Å². The average molecular weight is 398 g/mol. The SMILES string of the molecule is CN(CC[C@@H]1CN(C(=O)c2ccc(F)cc2)CC[C@H]1CC(=O)O)c1ccccc1. The number of nitrogens with zero attached hydrogens (tertiary/aromatic N) is 2. The molecular weight excluding hydrogens is 371 g/mol. The topological polar surface area (TPSA) is 60.9 Å². The molecule has 0 unspecified atom stereocenters. The van der Waals surface area contributed by atoms with E-state index in [1.165, 1.54) is 24.3 Å². The zero-order valence-electron chi connectivity index (χ0n) is 16.6. The summed E-state index contributed by atoms with van der Waals surface area (Å²) in [6.45, 7) is 1.83. The molecule has 29 heavy (non-hydrogen) atoms. The van der Waals surface area contributed by atoms with E-state index in [0.717, 1.165) is 18.7 Å². The van der Waals surface area contributed by atoms with Crippen LogP contribution in [0.1, 0.15) is 29.6 Å². The zero-order chi connectivity index (χ0) is 20.8. The van der Waals surface area contributed by atoms with Crippen molar-refractivity contribution in [1.82, 2.24) is 4.90 Å². The van der Waals surface area contributed by atoms with Crippen molar-refractivity contribution in [3.63, 3.8) is 0 Å². The summed E-state index contributed by atoms with van der Waals surface area (Å²) in [5.74, 6) is -1.14. The number of para-hydroxylation sites is 1. The third kappa shape index (κ3) is 5.56. The van der Waals surface area contributed by atoms with Gasteiger partial charge in [-0.3, -0.25) is 9.59 Å². The lowest BCUT2D eigenvalue weighted by molar-refractivity contribution is -0.139. The molecule has 0 aromatic heterocycles. The second-order valence-electron chi connectivity index (χ2n) is 7.71. The Balaban J connectivity index is 1.67. The van der Waals surface area contributed by atoms with E-state index in [-0.39, 0.29) is 30.0 Å². The lowest BCUT2D eigenvalue weighted by Crippen LogP contribution is -2.45. The largest absolute Gasteiger partial charge is 0.481 e. The molecule has 1 aliphatic heterocycles. The van der Waals surface area contributed by atoms with E-state index < -0.39 is 5.97 Å². The number of anilines is 1. The number of hydrogen-bond acceptors (Lipinski definition) is 3.